The third-order valence-corrected chi connectivity index (χ3v) is 2.36. The number of hydrogen-bond donors (Lipinski definition) is 1. The summed E-state index contributed by atoms with van der Waals surface area (Å²) in [5.74, 6) is 0.705. The number of hydrogen-bond acceptors (Lipinski definition) is 4. The van der Waals surface area contributed by atoms with Crippen molar-refractivity contribution in [3.8, 4) is 0 Å². The van der Waals surface area contributed by atoms with Gasteiger partial charge in [0.05, 0.1) is 6.04 Å². The number of rotatable bonds is 3. The van der Waals surface area contributed by atoms with Crippen LogP contribution in [0.2, 0.25) is 5.28 Å². The van der Waals surface area contributed by atoms with E-state index in [-0.39, 0.29) is 11.3 Å². The van der Waals surface area contributed by atoms with E-state index in [0.29, 0.717) is 5.82 Å². The fourth-order valence-electron chi connectivity index (χ4n) is 1.35. The van der Waals surface area contributed by atoms with Crippen molar-refractivity contribution < 1.29 is 0 Å². The van der Waals surface area contributed by atoms with Crippen molar-refractivity contribution in [2.75, 3.05) is 5.32 Å². The van der Waals surface area contributed by atoms with Crippen molar-refractivity contribution in [1.82, 2.24) is 15.0 Å². The number of halogens is 1. The lowest BCUT2D eigenvalue weighted by atomic mass is 10.1. The molecule has 0 radical (unpaired) electrons. The zero-order valence-electron chi connectivity index (χ0n) is 8.76. The van der Waals surface area contributed by atoms with Crippen molar-refractivity contribution in [3.05, 3.63) is 47.6 Å². The van der Waals surface area contributed by atoms with Gasteiger partial charge in [0, 0.05) is 18.6 Å². The number of aromatic nitrogens is 3. The molecule has 0 bridgehead atoms. The van der Waals surface area contributed by atoms with Crippen LogP contribution >= 0.6 is 11.6 Å². The molecule has 2 rings (SSSR count). The maximum atomic E-state index is 5.70. The molecule has 0 aliphatic carbocycles. The molecule has 0 aliphatic heterocycles. The molecule has 1 atom stereocenters. The summed E-state index contributed by atoms with van der Waals surface area (Å²) in [5.41, 5.74) is 1.09. The molecule has 0 fully saturated rings. The van der Waals surface area contributed by atoms with Gasteiger partial charge in [-0.15, -0.1) is 0 Å². The minimum absolute atomic E-state index is 0.125. The lowest BCUT2D eigenvalue weighted by Crippen LogP contribution is -2.08. The molecule has 2 aromatic heterocycles. The van der Waals surface area contributed by atoms with E-state index in [1.54, 1.807) is 18.5 Å². The maximum absolute atomic E-state index is 5.70. The summed E-state index contributed by atoms with van der Waals surface area (Å²) in [6.07, 6.45) is 5.19. The van der Waals surface area contributed by atoms with Crippen molar-refractivity contribution in [2.24, 2.45) is 0 Å². The van der Waals surface area contributed by atoms with Gasteiger partial charge in [-0.05, 0) is 36.2 Å². The molecule has 0 saturated heterocycles. The van der Waals surface area contributed by atoms with Gasteiger partial charge in [-0.1, -0.05) is 6.07 Å². The Balaban J connectivity index is 2.11. The van der Waals surface area contributed by atoms with Gasteiger partial charge in [0.25, 0.3) is 0 Å². The number of pyridine rings is 1. The van der Waals surface area contributed by atoms with E-state index in [9.17, 15) is 0 Å². The first-order chi connectivity index (χ1) is 7.75. The molecule has 0 spiro atoms. The average Bonchev–Trinajstić information content (AvgIpc) is 2.30. The van der Waals surface area contributed by atoms with Gasteiger partial charge in [-0.25, -0.2) is 9.97 Å². The minimum Gasteiger partial charge on any atom is -0.363 e. The van der Waals surface area contributed by atoms with Gasteiger partial charge in [0.1, 0.15) is 5.82 Å². The molecule has 0 aliphatic rings. The Hall–Kier alpha value is -1.68. The van der Waals surface area contributed by atoms with Crippen LogP contribution in [-0.4, -0.2) is 15.0 Å². The molecule has 4 nitrogen and oxygen atoms in total. The Morgan fingerprint density at radius 1 is 1.31 bits per heavy atom. The number of anilines is 1. The SMILES string of the molecule is CC(Nc1ccnc(Cl)n1)c1cccnc1. The molecule has 0 saturated carbocycles. The largest absolute Gasteiger partial charge is 0.363 e. The molecular weight excluding hydrogens is 224 g/mol. The average molecular weight is 235 g/mol. The maximum Gasteiger partial charge on any atom is 0.224 e. The van der Waals surface area contributed by atoms with Crippen LogP contribution in [0.15, 0.2) is 36.8 Å². The highest BCUT2D eigenvalue weighted by Gasteiger charge is 2.05. The summed E-state index contributed by atoms with van der Waals surface area (Å²) < 4.78 is 0. The third kappa shape index (κ3) is 2.67. The monoisotopic (exact) mass is 234 g/mol. The minimum atomic E-state index is 0.125. The third-order valence-electron chi connectivity index (χ3n) is 2.17. The second kappa shape index (κ2) is 4.90. The lowest BCUT2D eigenvalue weighted by molar-refractivity contribution is 0.864. The van der Waals surface area contributed by atoms with Crippen LogP contribution in [0.4, 0.5) is 5.82 Å². The first kappa shape index (κ1) is 10.8. The van der Waals surface area contributed by atoms with Crippen LogP contribution in [0, 0.1) is 0 Å². The molecule has 1 unspecified atom stereocenters. The first-order valence-corrected chi connectivity index (χ1v) is 5.28. The fraction of sp³-hybridized carbons (Fsp3) is 0.182. The van der Waals surface area contributed by atoms with Gasteiger partial charge < -0.3 is 5.32 Å². The highest BCUT2D eigenvalue weighted by Crippen LogP contribution is 2.16. The molecule has 2 aromatic rings. The second-order valence-electron chi connectivity index (χ2n) is 3.36. The predicted octanol–water partition coefficient (Wildman–Crippen LogP) is 2.70. The van der Waals surface area contributed by atoms with Gasteiger partial charge in [0.15, 0.2) is 0 Å². The normalized spacial score (nSPS) is 12.1. The Morgan fingerprint density at radius 3 is 2.88 bits per heavy atom. The standard InChI is InChI=1S/C11H11ClN4/c1-8(9-3-2-5-13-7-9)15-10-4-6-14-11(12)16-10/h2-8H,1H3,(H,14,15,16). The zero-order valence-corrected chi connectivity index (χ0v) is 9.52. The fourth-order valence-corrected chi connectivity index (χ4v) is 1.50. The van der Waals surface area contributed by atoms with Gasteiger partial charge >= 0.3 is 0 Å². The number of nitrogens with one attached hydrogen (secondary N) is 1. The Kier molecular flexibility index (Phi) is 3.31. The van der Waals surface area contributed by atoms with Gasteiger partial charge in [0.2, 0.25) is 5.28 Å². The molecule has 2 heterocycles. The van der Waals surface area contributed by atoms with Crippen molar-refractivity contribution >= 4 is 17.4 Å². The molecule has 0 aromatic carbocycles. The molecule has 82 valence electrons. The van der Waals surface area contributed by atoms with Crippen LogP contribution in [0.1, 0.15) is 18.5 Å². The summed E-state index contributed by atoms with van der Waals surface area (Å²) in [5, 5.41) is 3.46. The first-order valence-electron chi connectivity index (χ1n) is 4.91. The van der Waals surface area contributed by atoms with E-state index >= 15 is 0 Å². The summed E-state index contributed by atoms with van der Waals surface area (Å²) in [4.78, 5) is 11.9. The summed E-state index contributed by atoms with van der Waals surface area (Å²) in [7, 11) is 0. The van der Waals surface area contributed by atoms with Crippen molar-refractivity contribution in [1.29, 1.82) is 0 Å². The van der Waals surface area contributed by atoms with E-state index in [2.05, 4.69) is 20.3 Å². The molecule has 16 heavy (non-hydrogen) atoms. The molecular formula is C11H11ClN4. The predicted molar refractivity (Wildman–Crippen MR) is 63.3 cm³/mol. The van der Waals surface area contributed by atoms with Gasteiger partial charge in [-0.3, -0.25) is 4.98 Å². The Morgan fingerprint density at radius 2 is 2.19 bits per heavy atom. The summed E-state index contributed by atoms with van der Waals surface area (Å²) in [6, 6.07) is 5.81. The van der Waals surface area contributed by atoms with Gasteiger partial charge in [-0.2, -0.15) is 0 Å². The molecule has 1 N–H and O–H groups in total. The zero-order chi connectivity index (χ0) is 11.4. The van der Waals surface area contributed by atoms with E-state index < -0.39 is 0 Å². The highest BCUT2D eigenvalue weighted by molar-refractivity contribution is 6.28. The van der Waals surface area contributed by atoms with Crippen molar-refractivity contribution in [3.63, 3.8) is 0 Å². The van der Waals surface area contributed by atoms with E-state index in [1.807, 2.05) is 25.3 Å². The molecule has 5 heteroatoms. The van der Waals surface area contributed by atoms with Crippen LogP contribution in [0.5, 0.6) is 0 Å². The van der Waals surface area contributed by atoms with E-state index in [4.69, 9.17) is 11.6 Å². The lowest BCUT2D eigenvalue weighted by Gasteiger charge is -2.14. The van der Waals surface area contributed by atoms with Crippen LogP contribution in [0.25, 0.3) is 0 Å². The Bertz CT molecular complexity index is 461. The van der Waals surface area contributed by atoms with E-state index in [1.165, 1.54) is 0 Å². The second-order valence-corrected chi connectivity index (χ2v) is 3.70. The number of nitrogens with zero attached hydrogens (tertiary/aromatic N) is 3. The summed E-state index contributed by atoms with van der Waals surface area (Å²) >= 11 is 5.70. The quantitative estimate of drug-likeness (QED) is 0.830. The van der Waals surface area contributed by atoms with Crippen LogP contribution in [-0.2, 0) is 0 Å². The summed E-state index contributed by atoms with van der Waals surface area (Å²) in [6.45, 7) is 2.03. The smallest absolute Gasteiger partial charge is 0.224 e. The van der Waals surface area contributed by atoms with Crippen LogP contribution < -0.4 is 5.32 Å². The van der Waals surface area contributed by atoms with Crippen LogP contribution in [0.3, 0.4) is 0 Å². The topological polar surface area (TPSA) is 50.7 Å². The molecule has 0 amide bonds. The Labute approximate surface area is 98.7 Å². The highest BCUT2D eigenvalue weighted by atomic mass is 35.5. The van der Waals surface area contributed by atoms with Crippen molar-refractivity contribution in [2.45, 2.75) is 13.0 Å². The van der Waals surface area contributed by atoms with E-state index in [0.717, 1.165) is 5.56 Å².